The van der Waals surface area contributed by atoms with Crippen LogP contribution in [0.2, 0.25) is 5.02 Å². The Balaban J connectivity index is 1.55. The monoisotopic (exact) mass is 608 g/mol. The normalized spacial score (nSPS) is 15.5. The molecule has 3 aromatic rings. The summed E-state index contributed by atoms with van der Waals surface area (Å²) in [7, 11) is 0. The van der Waals surface area contributed by atoms with Gasteiger partial charge in [-0.05, 0) is 24.6 Å². The Bertz CT molecular complexity index is 1310. The highest BCUT2D eigenvalue weighted by atomic mass is 127. The maximum Gasteiger partial charge on any atom is 0.271 e. The molecule has 1 aliphatic rings. The summed E-state index contributed by atoms with van der Waals surface area (Å²) in [5, 5.41) is 11.3. The Labute approximate surface area is 220 Å². The second-order valence-electron chi connectivity index (χ2n) is 7.89. The van der Waals surface area contributed by atoms with E-state index in [1.54, 1.807) is 30.3 Å². The van der Waals surface area contributed by atoms with Crippen molar-refractivity contribution in [2.24, 2.45) is 5.90 Å². The van der Waals surface area contributed by atoms with Crippen molar-refractivity contribution >= 4 is 62.5 Å². The van der Waals surface area contributed by atoms with Crippen LogP contribution in [-0.4, -0.2) is 51.9 Å². The molecule has 0 bridgehead atoms. The average molecular weight is 609 g/mol. The van der Waals surface area contributed by atoms with Gasteiger partial charge >= 0.3 is 0 Å². The number of nitro groups is 1. The Kier molecular flexibility index (Phi) is 7.67. The minimum absolute atomic E-state index is 0.0641. The number of fused-ring (bicyclic) bond motifs is 1. The molecular weight excluding hydrogens is 587 g/mol. The number of allylic oxidation sites excluding steroid dienone is 1. The molecule has 1 atom stereocenters. The van der Waals surface area contributed by atoms with Gasteiger partial charge in [-0.3, -0.25) is 24.9 Å². The molecule has 1 unspecified atom stereocenters. The molecule has 35 heavy (non-hydrogen) atoms. The quantitative estimate of drug-likeness (QED) is 0.110. The lowest BCUT2D eigenvalue weighted by Gasteiger charge is -2.37. The van der Waals surface area contributed by atoms with E-state index in [4.69, 9.17) is 22.3 Å². The number of rotatable bonds is 6. The maximum absolute atomic E-state index is 13.7. The maximum atomic E-state index is 13.7. The van der Waals surface area contributed by atoms with Crippen LogP contribution in [-0.2, 0) is 9.63 Å². The Morgan fingerprint density at radius 2 is 1.91 bits per heavy atom. The lowest BCUT2D eigenvalue weighted by Crippen LogP contribution is -2.49. The minimum atomic E-state index is -0.482. The predicted octanol–water partition coefficient (Wildman–Crippen LogP) is 4.18. The number of hydrogen-bond donors (Lipinski definition) is 1. The van der Waals surface area contributed by atoms with Crippen molar-refractivity contribution in [1.29, 1.82) is 0 Å². The third kappa shape index (κ3) is 5.16. The van der Waals surface area contributed by atoms with Gasteiger partial charge in [0, 0.05) is 50.7 Å². The number of para-hydroxylation sites is 1. The van der Waals surface area contributed by atoms with E-state index >= 15 is 0 Å². The fraction of sp³-hybridized carbons (Fsp3) is 0.261. The summed E-state index contributed by atoms with van der Waals surface area (Å²) in [6, 6.07) is 10.1. The summed E-state index contributed by atoms with van der Waals surface area (Å²) in [5.74, 6) is 5.64. The molecule has 10 nitrogen and oxygen atoms in total. The summed E-state index contributed by atoms with van der Waals surface area (Å²) in [5.41, 5.74) is 3.36. The number of aromatic nitrogens is 2. The van der Waals surface area contributed by atoms with Gasteiger partial charge < -0.3 is 14.6 Å². The number of anilines is 1. The first-order chi connectivity index (χ1) is 16.8. The largest absolute Gasteiger partial charge is 0.416 e. The van der Waals surface area contributed by atoms with Crippen LogP contribution in [0.1, 0.15) is 16.4 Å². The molecule has 0 aliphatic carbocycles. The predicted molar refractivity (Wildman–Crippen MR) is 141 cm³/mol. The van der Waals surface area contributed by atoms with Crippen molar-refractivity contribution in [3.63, 3.8) is 0 Å². The summed E-state index contributed by atoms with van der Waals surface area (Å²) < 4.78 is -0.369. The molecule has 0 radical (unpaired) electrons. The van der Waals surface area contributed by atoms with E-state index in [9.17, 15) is 14.9 Å². The molecule has 2 aromatic carbocycles. The molecule has 12 heteroatoms. The summed E-state index contributed by atoms with van der Waals surface area (Å²) >= 11 is 8.50. The number of nitro benzene ring substituents is 1. The third-order valence-corrected chi connectivity index (χ3v) is 7.49. The molecule has 1 saturated heterocycles. The van der Waals surface area contributed by atoms with Crippen molar-refractivity contribution in [2.75, 3.05) is 31.1 Å². The summed E-state index contributed by atoms with van der Waals surface area (Å²) in [4.78, 5) is 41.8. The SMILES string of the molecule is C/C(ON)=C(\C(=O)N1CCN(c2ccc([N+](=O)[O-])cc2Cl)CC1)C(I)c1cccc2nccnc12. The molecule has 0 spiro atoms. The van der Waals surface area contributed by atoms with Gasteiger partial charge in [-0.2, -0.15) is 5.90 Å². The van der Waals surface area contributed by atoms with Gasteiger partial charge in [0.1, 0.15) is 5.76 Å². The summed E-state index contributed by atoms with van der Waals surface area (Å²) in [6.45, 7) is 3.58. The number of piperazine rings is 1. The van der Waals surface area contributed by atoms with Crippen LogP contribution in [0.4, 0.5) is 11.4 Å². The van der Waals surface area contributed by atoms with E-state index in [2.05, 4.69) is 32.6 Å². The van der Waals surface area contributed by atoms with Crippen LogP contribution < -0.4 is 10.8 Å². The van der Waals surface area contributed by atoms with Crippen molar-refractivity contribution in [3.8, 4) is 0 Å². The zero-order valence-corrected chi connectivity index (χ0v) is 21.6. The van der Waals surface area contributed by atoms with E-state index in [-0.39, 0.29) is 15.5 Å². The van der Waals surface area contributed by atoms with Gasteiger partial charge in [0.05, 0.1) is 36.2 Å². The third-order valence-electron chi connectivity index (χ3n) is 5.89. The molecule has 1 fully saturated rings. The highest BCUT2D eigenvalue weighted by Crippen LogP contribution is 2.38. The number of halogens is 2. The van der Waals surface area contributed by atoms with Gasteiger partial charge in [-0.1, -0.05) is 46.3 Å². The zero-order valence-electron chi connectivity index (χ0n) is 18.7. The van der Waals surface area contributed by atoms with Crippen molar-refractivity contribution in [3.05, 3.63) is 80.8 Å². The Morgan fingerprint density at radius 1 is 1.20 bits per heavy atom. The number of carbonyl (C=O) groups excluding carboxylic acids is 1. The molecule has 4 rings (SSSR count). The van der Waals surface area contributed by atoms with Gasteiger partial charge in [0.25, 0.3) is 11.6 Å². The van der Waals surface area contributed by atoms with Gasteiger partial charge in [-0.15, -0.1) is 0 Å². The second kappa shape index (κ2) is 10.7. The number of nitrogens with zero attached hydrogens (tertiary/aromatic N) is 5. The van der Waals surface area contributed by atoms with Crippen molar-refractivity contribution < 1.29 is 14.6 Å². The second-order valence-corrected chi connectivity index (χ2v) is 9.55. The molecule has 2 N–H and O–H groups in total. The van der Waals surface area contributed by atoms with E-state index in [0.717, 1.165) is 11.1 Å². The van der Waals surface area contributed by atoms with Gasteiger partial charge in [-0.25, -0.2) is 0 Å². The fourth-order valence-electron chi connectivity index (χ4n) is 4.06. The fourth-order valence-corrected chi connectivity index (χ4v) is 5.56. The van der Waals surface area contributed by atoms with Crippen LogP contribution in [0.3, 0.4) is 0 Å². The topological polar surface area (TPSA) is 128 Å². The van der Waals surface area contributed by atoms with Crippen LogP contribution >= 0.6 is 34.2 Å². The smallest absolute Gasteiger partial charge is 0.271 e. The number of nitrogens with two attached hydrogens (primary N) is 1. The number of amides is 1. The Hall–Kier alpha value is -3.03. The number of benzene rings is 2. The molecular formula is C23H22ClIN6O4. The van der Waals surface area contributed by atoms with E-state index in [0.29, 0.717) is 53.7 Å². The first kappa shape index (κ1) is 25.1. The lowest BCUT2D eigenvalue weighted by atomic mass is 10.0. The average Bonchev–Trinajstić information content (AvgIpc) is 2.88. The van der Waals surface area contributed by atoms with E-state index in [1.165, 1.54) is 12.1 Å². The van der Waals surface area contributed by atoms with Crippen molar-refractivity contribution in [1.82, 2.24) is 14.9 Å². The van der Waals surface area contributed by atoms with Crippen molar-refractivity contribution in [2.45, 2.75) is 10.8 Å². The van der Waals surface area contributed by atoms with Crippen LogP contribution in [0.25, 0.3) is 11.0 Å². The first-order valence-electron chi connectivity index (χ1n) is 10.7. The molecule has 2 heterocycles. The standard InChI is InChI=1S/C23H22ClIN6O4/c1-14(35-26)20(21(25)16-3-2-4-18-22(16)28-8-7-27-18)23(32)30-11-9-29(10-12-30)19-6-5-15(31(33)34)13-17(19)24/h2-8,13,21H,9-12,26H2,1H3/b20-14+. The molecule has 1 aromatic heterocycles. The molecule has 0 saturated carbocycles. The summed E-state index contributed by atoms with van der Waals surface area (Å²) in [6.07, 6.45) is 3.25. The van der Waals surface area contributed by atoms with Gasteiger partial charge in [0.2, 0.25) is 0 Å². The molecule has 1 amide bonds. The lowest BCUT2D eigenvalue weighted by molar-refractivity contribution is -0.384. The number of alkyl halides is 1. The highest BCUT2D eigenvalue weighted by molar-refractivity contribution is 14.1. The Morgan fingerprint density at radius 3 is 2.57 bits per heavy atom. The van der Waals surface area contributed by atoms with Gasteiger partial charge in [0.15, 0.2) is 0 Å². The van der Waals surface area contributed by atoms with E-state index in [1.807, 2.05) is 23.1 Å². The van der Waals surface area contributed by atoms with E-state index < -0.39 is 4.92 Å². The minimum Gasteiger partial charge on any atom is -0.416 e. The molecule has 182 valence electrons. The molecule has 1 aliphatic heterocycles. The van der Waals surface area contributed by atoms with Crippen LogP contribution in [0.5, 0.6) is 0 Å². The first-order valence-corrected chi connectivity index (χ1v) is 12.3. The highest BCUT2D eigenvalue weighted by Gasteiger charge is 2.32. The van der Waals surface area contributed by atoms with Crippen LogP contribution in [0, 0.1) is 10.1 Å². The zero-order chi connectivity index (χ0) is 25.1. The van der Waals surface area contributed by atoms with Crippen LogP contribution in [0.15, 0.2) is 60.1 Å². The number of hydrogen-bond acceptors (Lipinski definition) is 8. The number of non-ortho nitro benzene ring substituents is 1. The number of carbonyl (C=O) groups is 1.